The molecule has 8 heterocycles. The summed E-state index contributed by atoms with van der Waals surface area (Å²) in [5.41, 5.74) is 21.1. The smallest absolute Gasteiger partial charge is 0.346 e. The summed E-state index contributed by atoms with van der Waals surface area (Å²) in [6.07, 6.45) is 10.3. The third-order valence-corrected chi connectivity index (χ3v) is 20.4. The van der Waals surface area contributed by atoms with E-state index in [1.165, 1.54) is 50.8 Å². The van der Waals surface area contributed by atoms with Crippen molar-refractivity contribution in [2.45, 2.75) is 157 Å². The van der Waals surface area contributed by atoms with Crippen molar-refractivity contribution in [3.05, 3.63) is 182 Å². The van der Waals surface area contributed by atoms with E-state index in [4.69, 9.17) is 9.97 Å². The first-order valence-electron chi connectivity index (χ1n) is 30.4. The highest BCUT2D eigenvalue weighted by Gasteiger charge is 2.28. The van der Waals surface area contributed by atoms with Crippen molar-refractivity contribution < 1.29 is 9.90 Å². The number of fused-ring (bicyclic) bond motifs is 8. The lowest BCUT2D eigenvalue weighted by molar-refractivity contribution is -0.132. The van der Waals surface area contributed by atoms with Gasteiger partial charge in [-0.2, -0.15) is 5.26 Å². The van der Waals surface area contributed by atoms with Gasteiger partial charge < -0.3 is 15.1 Å². The molecule has 6 aromatic heterocycles. The molecule has 2 aliphatic rings. The van der Waals surface area contributed by atoms with Crippen molar-refractivity contribution in [1.29, 1.82) is 5.26 Å². The number of nitrogens with zero attached hydrogens (tertiary/aromatic N) is 3. The lowest BCUT2D eigenvalue weighted by Crippen LogP contribution is -2.16. The molecule has 448 valence electrons. The van der Waals surface area contributed by atoms with Gasteiger partial charge in [-0.15, -0.1) is 34.0 Å². The number of carboxylic acids is 1. The highest BCUT2D eigenvalue weighted by molar-refractivity contribution is 7.27. The Kier molecular flexibility index (Phi) is 15.6. The molecule has 0 fully saturated rings. The van der Waals surface area contributed by atoms with Gasteiger partial charge in [-0.05, 0) is 174 Å². The Morgan fingerprint density at radius 1 is 0.398 bits per heavy atom. The standard InChI is InChI=1S/C78H81N5O2S3/c1-73(2,3)48-33-44(34-49(40-48)74(4,5)6)68-55-20-22-57(80-55)69(45-35-50(75(7,8)9)41-51(36-45)76(10,11)12)59-24-26-61(82-59)71(67-32-31-66(88-67)65-30-29-64(87-65)63-28-19-54(86-63)39-47(43-79)72(84)85)62-27-25-60(83-62)70(58-23-21-56(68)81-58)46-37-52(77(13,14)15)42-53(38-46)78(16,17)18/h19-42,80,83H,1-18H3,(H,84,85)/b47-39-,68-55?,68-56?,69-57?,69-59?,70-58?,70-60?,71-61?,71-62?. The molecule has 10 heteroatoms. The van der Waals surface area contributed by atoms with E-state index in [0.29, 0.717) is 4.88 Å². The van der Waals surface area contributed by atoms with Crippen molar-refractivity contribution in [2.75, 3.05) is 0 Å². The quantitative estimate of drug-likeness (QED) is 0.103. The summed E-state index contributed by atoms with van der Waals surface area (Å²) in [6.45, 7) is 41.4. The summed E-state index contributed by atoms with van der Waals surface area (Å²) in [7, 11) is 0. The SMILES string of the molecule is CC(C)(C)c1cc(-c2c3nc(c(-c4cc(C(C)(C)C)cc(C(C)(C)C)c4)c4ccc([nH]4)c(-c4ccc(-c5ccc(-c6ccc(/C=C(/C#N)C(=O)O)s6)s5)s4)c4nc(c(-c5cc(C(C)(C)C)cc(C(C)(C)C)c5)c5ccc2[nH]5)C=C4)C=C3)cc(C(C)(C)C)c1. The van der Waals surface area contributed by atoms with Gasteiger partial charge in [0.15, 0.2) is 0 Å². The Hall–Kier alpha value is -7.94. The number of nitriles is 1. The number of H-pyrrole nitrogens is 2. The number of thiophene rings is 3. The molecule has 0 amide bonds. The zero-order chi connectivity index (χ0) is 63.4. The van der Waals surface area contributed by atoms with E-state index < -0.39 is 5.97 Å². The number of nitrogens with one attached hydrogen (secondary N) is 2. The van der Waals surface area contributed by atoms with Crippen LogP contribution < -0.4 is 0 Å². The Morgan fingerprint density at radius 2 is 0.670 bits per heavy atom. The summed E-state index contributed by atoms with van der Waals surface area (Å²) in [5, 5.41) is 19.0. The van der Waals surface area contributed by atoms with Gasteiger partial charge in [0.2, 0.25) is 0 Å². The number of carboxylic acid groups (broad SMARTS) is 1. The fourth-order valence-corrected chi connectivity index (χ4v) is 14.6. The summed E-state index contributed by atoms with van der Waals surface area (Å²) >= 11 is 4.90. The summed E-state index contributed by atoms with van der Waals surface area (Å²) in [5.74, 6) is -1.24. The second-order valence-electron chi connectivity index (χ2n) is 29.9. The Morgan fingerprint density at radius 3 is 0.977 bits per heavy atom. The molecule has 7 nitrogen and oxygen atoms in total. The fourth-order valence-electron chi connectivity index (χ4n) is 11.3. The molecular weight excluding hydrogens is 1140 g/mol. The Bertz CT molecular complexity index is 4430. The lowest BCUT2D eigenvalue weighted by Gasteiger charge is -2.26. The average Bonchev–Trinajstić information content (AvgIpc) is 1.94. The van der Waals surface area contributed by atoms with Crippen LogP contribution >= 0.6 is 34.0 Å². The van der Waals surface area contributed by atoms with E-state index >= 15 is 0 Å². The molecule has 0 saturated heterocycles. The van der Waals surface area contributed by atoms with Crippen LogP contribution in [-0.2, 0) is 37.3 Å². The minimum atomic E-state index is -1.24. The normalized spacial score (nSPS) is 13.4. The minimum Gasteiger partial charge on any atom is -0.477 e. The molecule has 2 aliphatic heterocycles. The van der Waals surface area contributed by atoms with E-state index in [2.05, 4.69) is 262 Å². The van der Waals surface area contributed by atoms with Gasteiger partial charge in [-0.1, -0.05) is 179 Å². The molecular formula is C78H81N5O2S3. The van der Waals surface area contributed by atoms with Crippen LogP contribution in [0.3, 0.4) is 0 Å². The average molecular weight is 1220 g/mol. The predicted molar refractivity (Wildman–Crippen MR) is 379 cm³/mol. The van der Waals surface area contributed by atoms with Crippen molar-refractivity contribution >= 4 is 92.4 Å². The number of carbonyl (C=O) groups is 1. The first-order chi connectivity index (χ1) is 41.1. The Balaban J connectivity index is 1.26. The summed E-state index contributed by atoms with van der Waals surface area (Å²) in [6, 6.07) is 44.8. The fraction of sp³-hybridized carbons (Fsp3) is 0.308. The van der Waals surface area contributed by atoms with E-state index in [1.807, 2.05) is 12.1 Å². The third-order valence-electron chi connectivity index (χ3n) is 16.8. The van der Waals surface area contributed by atoms with Crippen LogP contribution in [0.15, 0.2) is 121 Å². The maximum Gasteiger partial charge on any atom is 0.346 e. The second-order valence-corrected chi connectivity index (χ2v) is 33.2. The molecule has 88 heavy (non-hydrogen) atoms. The number of rotatable bonds is 8. The van der Waals surface area contributed by atoms with Crippen LogP contribution in [0.1, 0.15) is 186 Å². The van der Waals surface area contributed by atoms with E-state index in [1.54, 1.807) is 28.7 Å². The monoisotopic (exact) mass is 1220 g/mol. The van der Waals surface area contributed by atoms with Gasteiger partial charge in [-0.25, -0.2) is 14.8 Å². The van der Waals surface area contributed by atoms with Crippen LogP contribution in [0.5, 0.6) is 0 Å². The number of aliphatic carboxylic acids is 1. The van der Waals surface area contributed by atoms with E-state index in [9.17, 15) is 15.2 Å². The van der Waals surface area contributed by atoms with Crippen LogP contribution in [0.25, 0.3) is 116 Å². The topological polar surface area (TPSA) is 118 Å². The number of hydrogen-bond donors (Lipinski definition) is 3. The number of aromatic amines is 2. The molecule has 3 aromatic carbocycles. The predicted octanol–water partition coefficient (Wildman–Crippen LogP) is 22.6. The minimum absolute atomic E-state index is 0.125. The van der Waals surface area contributed by atoms with E-state index in [-0.39, 0.29) is 38.1 Å². The van der Waals surface area contributed by atoms with Gasteiger partial charge >= 0.3 is 5.97 Å². The largest absolute Gasteiger partial charge is 0.477 e. The molecule has 0 radical (unpaired) electrons. The van der Waals surface area contributed by atoms with Crippen LogP contribution in [0, 0.1) is 11.3 Å². The molecule has 0 atom stereocenters. The van der Waals surface area contributed by atoms with E-state index in [0.717, 1.165) is 108 Å². The van der Waals surface area contributed by atoms with Gasteiger partial charge in [0.25, 0.3) is 0 Å². The highest BCUT2D eigenvalue weighted by Crippen LogP contribution is 2.47. The zero-order valence-electron chi connectivity index (χ0n) is 54.3. The molecule has 9 aromatic rings. The molecule has 0 aliphatic carbocycles. The zero-order valence-corrected chi connectivity index (χ0v) is 56.7. The number of aromatic nitrogens is 4. The van der Waals surface area contributed by atoms with Gasteiger partial charge in [0, 0.05) is 73.6 Å². The molecule has 0 unspecified atom stereocenters. The van der Waals surface area contributed by atoms with Crippen molar-refractivity contribution in [3.8, 4) is 69.4 Å². The molecule has 3 N–H and O–H groups in total. The maximum atomic E-state index is 11.7. The Labute approximate surface area is 532 Å². The summed E-state index contributed by atoms with van der Waals surface area (Å²) in [4.78, 5) is 37.5. The molecule has 0 saturated carbocycles. The first kappa shape index (κ1) is 61.7. The first-order valence-corrected chi connectivity index (χ1v) is 32.9. The molecule has 0 spiro atoms. The number of benzene rings is 3. The van der Waals surface area contributed by atoms with Crippen molar-refractivity contribution in [1.82, 2.24) is 19.9 Å². The van der Waals surface area contributed by atoms with Gasteiger partial charge in [0.05, 0.1) is 22.8 Å². The second kappa shape index (κ2) is 22.3. The molecule has 8 bridgehead atoms. The van der Waals surface area contributed by atoms with Crippen LogP contribution in [0.2, 0.25) is 0 Å². The lowest BCUT2D eigenvalue weighted by atomic mass is 9.78. The van der Waals surface area contributed by atoms with Crippen LogP contribution in [0.4, 0.5) is 0 Å². The highest BCUT2D eigenvalue weighted by atomic mass is 32.1. The van der Waals surface area contributed by atoms with Crippen LogP contribution in [-0.4, -0.2) is 31.0 Å². The molecule has 11 rings (SSSR count). The third kappa shape index (κ3) is 12.4. The summed E-state index contributed by atoms with van der Waals surface area (Å²) < 4.78 is 0. The maximum absolute atomic E-state index is 11.7. The van der Waals surface area contributed by atoms with Crippen molar-refractivity contribution in [2.24, 2.45) is 0 Å². The van der Waals surface area contributed by atoms with Gasteiger partial charge in [0.1, 0.15) is 11.6 Å². The van der Waals surface area contributed by atoms with Gasteiger partial charge in [-0.3, -0.25) is 0 Å². The number of hydrogen-bond acceptors (Lipinski definition) is 7. The van der Waals surface area contributed by atoms with Crippen molar-refractivity contribution in [3.63, 3.8) is 0 Å².